The number of nitrogens with zero attached hydrogens (tertiary/aromatic N) is 2. The summed E-state index contributed by atoms with van der Waals surface area (Å²) in [6.45, 7) is -0.0573. The van der Waals surface area contributed by atoms with Crippen LogP contribution < -0.4 is 14.8 Å². The first-order chi connectivity index (χ1) is 15.0. The monoisotopic (exact) mass is 421 g/mol. The predicted molar refractivity (Wildman–Crippen MR) is 119 cm³/mol. The maximum Gasteiger partial charge on any atom is 0.275 e. The molecule has 2 aromatic rings. The Morgan fingerprint density at radius 3 is 2.29 bits per heavy atom. The molecule has 4 rings (SSSR count). The van der Waals surface area contributed by atoms with E-state index in [0.717, 1.165) is 37.7 Å². The van der Waals surface area contributed by atoms with Crippen molar-refractivity contribution >= 4 is 23.2 Å². The van der Waals surface area contributed by atoms with Crippen LogP contribution in [-0.4, -0.2) is 48.9 Å². The highest BCUT2D eigenvalue weighted by Crippen LogP contribution is 2.39. The lowest BCUT2D eigenvalue weighted by atomic mass is 9.88. The van der Waals surface area contributed by atoms with Crippen molar-refractivity contribution in [1.82, 2.24) is 4.90 Å². The number of carbonyl (C=O) groups is 2. The zero-order valence-electron chi connectivity index (χ0n) is 17.9. The fourth-order valence-corrected chi connectivity index (χ4v) is 4.36. The molecule has 1 N–H and O–H groups in total. The Morgan fingerprint density at radius 2 is 1.68 bits per heavy atom. The van der Waals surface area contributed by atoms with Gasteiger partial charge in [0.15, 0.2) is 0 Å². The molecule has 162 valence electrons. The van der Waals surface area contributed by atoms with Gasteiger partial charge in [-0.15, -0.1) is 0 Å². The van der Waals surface area contributed by atoms with Gasteiger partial charge in [-0.3, -0.25) is 14.6 Å². The minimum absolute atomic E-state index is 0.0573. The van der Waals surface area contributed by atoms with Crippen LogP contribution in [-0.2, 0) is 9.59 Å². The van der Waals surface area contributed by atoms with E-state index in [4.69, 9.17) is 14.5 Å². The summed E-state index contributed by atoms with van der Waals surface area (Å²) in [6.07, 6.45) is 4.65. The van der Waals surface area contributed by atoms with Gasteiger partial charge in [-0.1, -0.05) is 36.8 Å². The number of aliphatic imine (C=N–C) groups is 1. The number of methoxy groups -OCH3 is 2. The summed E-state index contributed by atoms with van der Waals surface area (Å²) in [5.74, 6) is 0.681. The van der Waals surface area contributed by atoms with Gasteiger partial charge in [0.25, 0.3) is 5.91 Å². The number of anilines is 1. The first kappa shape index (κ1) is 20.9. The second-order valence-corrected chi connectivity index (χ2v) is 7.91. The summed E-state index contributed by atoms with van der Waals surface area (Å²) in [5, 5.41) is 2.87. The second kappa shape index (κ2) is 8.79. The van der Waals surface area contributed by atoms with Gasteiger partial charge in [0.05, 0.1) is 14.2 Å². The van der Waals surface area contributed by atoms with Crippen LogP contribution in [0, 0.1) is 0 Å². The van der Waals surface area contributed by atoms with Crippen LogP contribution in [0.1, 0.15) is 37.7 Å². The van der Waals surface area contributed by atoms with E-state index in [0.29, 0.717) is 22.9 Å². The van der Waals surface area contributed by atoms with Crippen molar-refractivity contribution in [2.24, 2.45) is 4.99 Å². The van der Waals surface area contributed by atoms with E-state index in [1.54, 1.807) is 37.3 Å². The van der Waals surface area contributed by atoms with Crippen LogP contribution in [0.5, 0.6) is 11.5 Å². The average molecular weight is 421 g/mol. The molecule has 1 spiro atoms. The Kier molecular flexibility index (Phi) is 5.93. The van der Waals surface area contributed by atoms with Crippen molar-refractivity contribution in [2.75, 3.05) is 26.1 Å². The van der Waals surface area contributed by atoms with Crippen LogP contribution >= 0.6 is 0 Å². The first-order valence-corrected chi connectivity index (χ1v) is 10.5. The largest absolute Gasteiger partial charge is 0.497 e. The van der Waals surface area contributed by atoms with E-state index < -0.39 is 5.66 Å². The number of benzene rings is 2. The summed E-state index contributed by atoms with van der Waals surface area (Å²) < 4.78 is 10.5. The maximum atomic E-state index is 13.3. The number of hydrogen-bond donors (Lipinski definition) is 1. The highest BCUT2D eigenvalue weighted by atomic mass is 16.5. The Labute approximate surface area is 182 Å². The van der Waals surface area contributed by atoms with Crippen LogP contribution in [0.15, 0.2) is 53.5 Å². The van der Waals surface area contributed by atoms with Crippen molar-refractivity contribution in [3.63, 3.8) is 0 Å². The summed E-state index contributed by atoms with van der Waals surface area (Å²) in [5.41, 5.74) is 1.15. The number of nitrogens with one attached hydrogen (secondary N) is 1. The zero-order chi connectivity index (χ0) is 21.8. The number of rotatable bonds is 6. The molecule has 0 saturated heterocycles. The highest BCUT2D eigenvalue weighted by molar-refractivity contribution is 6.47. The van der Waals surface area contributed by atoms with E-state index in [9.17, 15) is 9.59 Å². The molecule has 2 amide bonds. The van der Waals surface area contributed by atoms with E-state index in [2.05, 4.69) is 5.32 Å². The summed E-state index contributed by atoms with van der Waals surface area (Å²) in [6, 6.07) is 14.6. The SMILES string of the molecule is COc1cc(NC(=O)CN2C(=O)C(c3ccccc3)=NC23CCCCC3)cc(OC)c1. The van der Waals surface area contributed by atoms with Crippen LogP contribution in [0.4, 0.5) is 5.69 Å². The average Bonchev–Trinajstić information content (AvgIpc) is 3.05. The Bertz CT molecular complexity index is 975. The van der Waals surface area contributed by atoms with Crippen molar-refractivity contribution < 1.29 is 19.1 Å². The molecule has 2 aliphatic rings. The van der Waals surface area contributed by atoms with Gasteiger partial charge in [0, 0.05) is 29.4 Å². The summed E-state index contributed by atoms with van der Waals surface area (Å²) in [4.78, 5) is 32.8. The van der Waals surface area contributed by atoms with Crippen molar-refractivity contribution in [2.45, 2.75) is 37.8 Å². The summed E-state index contributed by atoms with van der Waals surface area (Å²) in [7, 11) is 3.11. The zero-order valence-corrected chi connectivity index (χ0v) is 17.9. The van der Waals surface area contributed by atoms with E-state index >= 15 is 0 Å². The Balaban J connectivity index is 1.57. The van der Waals surface area contributed by atoms with E-state index in [1.165, 1.54) is 0 Å². The molecule has 1 heterocycles. The molecule has 0 bridgehead atoms. The van der Waals surface area contributed by atoms with E-state index in [1.807, 2.05) is 30.3 Å². The third-order valence-corrected chi connectivity index (χ3v) is 5.91. The van der Waals surface area contributed by atoms with Gasteiger partial charge in [0.1, 0.15) is 29.4 Å². The summed E-state index contributed by atoms with van der Waals surface area (Å²) >= 11 is 0. The minimum atomic E-state index is -0.635. The van der Waals surface area contributed by atoms with Gasteiger partial charge >= 0.3 is 0 Å². The Morgan fingerprint density at radius 1 is 1.03 bits per heavy atom. The first-order valence-electron chi connectivity index (χ1n) is 10.5. The highest BCUT2D eigenvalue weighted by Gasteiger charge is 2.48. The lowest BCUT2D eigenvalue weighted by Crippen LogP contribution is -2.51. The van der Waals surface area contributed by atoms with Crippen LogP contribution in [0.3, 0.4) is 0 Å². The lowest BCUT2D eigenvalue weighted by Gasteiger charge is -2.38. The molecule has 7 nitrogen and oxygen atoms in total. The molecule has 1 aliphatic heterocycles. The molecule has 0 atom stereocenters. The number of hydrogen-bond acceptors (Lipinski definition) is 5. The van der Waals surface area contributed by atoms with Crippen LogP contribution in [0.2, 0.25) is 0 Å². The smallest absolute Gasteiger partial charge is 0.275 e. The van der Waals surface area contributed by atoms with Crippen molar-refractivity contribution in [3.05, 3.63) is 54.1 Å². The standard InChI is InChI=1S/C24H27N3O4/c1-30-19-13-18(14-20(15-19)31-2)25-21(28)16-27-23(29)22(17-9-5-3-6-10-17)26-24(27)11-7-4-8-12-24/h3,5-6,9-10,13-15H,4,7-8,11-12,16H2,1-2H3,(H,25,28). The topological polar surface area (TPSA) is 80.2 Å². The molecular formula is C24H27N3O4. The molecule has 1 aliphatic carbocycles. The minimum Gasteiger partial charge on any atom is -0.497 e. The molecule has 2 aromatic carbocycles. The fourth-order valence-electron chi connectivity index (χ4n) is 4.36. The van der Waals surface area contributed by atoms with Crippen LogP contribution in [0.25, 0.3) is 0 Å². The third kappa shape index (κ3) is 4.26. The second-order valence-electron chi connectivity index (χ2n) is 7.91. The van der Waals surface area contributed by atoms with Gasteiger partial charge in [-0.25, -0.2) is 0 Å². The number of carbonyl (C=O) groups excluding carboxylic acids is 2. The molecular weight excluding hydrogens is 394 g/mol. The van der Waals surface area contributed by atoms with Gasteiger partial charge in [0.2, 0.25) is 5.91 Å². The molecule has 1 saturated carbocycles. The predicted octanol–water partition coefficient (Wildman–Crippen LogP) is 3.63. The van der Waals surface area contributed by atoms with Gasteiger partial charge < -0.3 is 19.7 Å². The number of ether oxygens (including phenoxy) is 2. The maximum absolute atomic E-state index is 13.3. The molecule has 1 fully saturated rings. The van der Waals surface area contributed by atoms with Gasteiger partial charge in [-0.05, 0) is 25.7 Å². The molecule has 7 heteroatoms. The quantitative estimate of drug-likeness (QED) is 0.772. The van der Waals surface area contributed by atoms with Crippen molar-refractivity contribution in [3.8, 4) is 11.5 Å². The normalized spacial score (nSPS) is 17.4. The molecule has 0 unspecified atom stereocenters. The molecule has 0 radical (unpaired) electrons. The molecule has 31 heavy (non-hydrogen) atoms. The van der Waals surface area contributed by atoms with Gasteiger partial charge in [-0.2, -0.15) is 0 Å². The third-order valence-electron chi connectivity index (χ3n) is 5.91. The molecule has 0 aromatic heterocycles. The number of amides is 2. The fraction of sp³-hybridized carbons (Fsp3) is 0.375. The lowest BCUT2D eigenvalue weighted by molar-refractivity contribution is -0.134. The van der Waals surface area contributed by atoms with Crippen molar-refractivity contribution in [1.29, 1.82) is 0 Å². The van der Waals surface area contributed by atoms with E-state index in [-0.39, 0.29) is 18.4 Å². The Hall–Kier alpha value is -3.35.